The Bertz CT molecular complexity index is 767. The first kappa shape index (κ1) is 17.9. The summed E-state index contributed by atoms with van der Waals surface area (Å²) in [4.78, 5) is 15.1. The second-order valence-corrected chi connectivity index (χ2v) is 7.14. The fourth-order valence-corrected chi connectivity index (χ4v) is 3.73. The number of benzene rings is 1. The van der Waals surface area contributed by atoms with Gasteiger partial charge in [-0.3, -0.25) is 4.79 Å². The van der Waals surface area contributed by atoms with E-state index in [1.165, 1.54) is 17.1 Å². The van der Waals surface area contributed by atoms with Crippen LogP contribution < -0.4 is 5.32 Å². The van der Waals surface area contributed by atoms with Crippen LogP contribution in [0.25, 0.3) is 5.69 Å². The van der Waals surface area contributed by atoms with Gasteiger partial charge in [-0.25, -0.2) is 4.68 Å². The fourth-order valence-electron chi connectivity index (χ4n) is 3.73. The number of piperidine rings is 1. The Labute approximate surface area is 157 Å². The average molecular weight is 372 g/mol. The van der Waals surface area contributed by atoms with Crippen LogP contribution in [0.5, 0.6) is 5.75 Å². The molecular weight excluding hydrogens is 348 g/mol. The van der Waals surface area contributed by atoms with E-state index >= 15 is 0 Å². The van der Waals surface area contributed by atoms with Crippen LogP contribution in [-0.2, 0) is 4.74 Å². The Morgan fingerprint density at radius 3 is 2.85 bits per heavy atom. The van der Waals surface area contributed by atoms with Gasteiger partial charge in [0, 0.05) is 32.3 Å². The van der Waals surface area contributed by atoms with Crippen molar-refractivity contribution in [2.75, 3.05) is 26.2 Å². The van der Waals surface area contributed by atoms with E-state index < -0.39 is 0 Å². The first-order chi connectivity index (χ1) is 13.2. The SMILES string of the molecule is O=C(NC1CCN(C[C@H]2CCCO2)CC1)c1cc(-n2cnnn2)ccc1O. The number of likely N-dealkylation sites (tertiary alicyclic amines) is 1. The predicted octanol–water partition coefficient (Wildman–Crippen LogP) is 0.741. The quantitative estimate of drug-likeness (QED) is 0.797. The summed E-state index contributed by atoms with van der Waals surface area (Å²) in [7, 11) is 0. The number of aromatic nitrogens is 4. The summed E-state index contributed by atoms with van der Waals surface area (Å²) in [6, 6.07) is 4.84. The highest BCUT2D eigenvalue weighted by Crippen LogP contribution is 2.22. The van der Waals surface area contributed by atoms with Gasteiger partial charge in [0.1, 0.15) is 12.1 Å². The lowest BCUT2D eigenvalue weighted by molar-refractivity contribution is 0.0612. The summed E-state index contributed by atoms with van der Waals surface area (Å²) in [6.07, 6.45) is 5.90. The lowest BCUT2D eigenvalue weighted by atomic mass is 10.0. The number of ether oxygens (including phenoxy) is 1. The van der Waals surface area contributed by atoms with Gasteiger partial charge in [0.15, 0.2) is 0 Å². The van der Waals surface area contributed by atoms with Gasteiger partial charge in [-0.15, -0.1) is 5.10 Å². The third kappa shape index (κ3) is 4.25. The largest absolute Gasteiger partial charge is 0.507 e. The van der Waals surface area contributed by atoms with Crippen molar-refractivity contribution in [2.45, 2.75) is 37.8 Å². The zero-order chi connectivity index (χ0) is 18.6. The van der Waals surface area contributed by atoms with Gasteiger partial charge in [0.25, 0.3) is 5.91 Å². The van der Waals surface area contributed by atoms with Gasteiger partial charge in [-0.1, -0.05) is 0 Å². The second kappa shape index (κ2) is 8.01. The molecular formula is C18H24N6O3. The van der Waals surface area contributed by atoms with E-state index in [1.807, 2.05) is 0 Å². The molecule has 2 aromatic rings. The molecule has 0 spiro atoms. The van der Waals surface area contributed by atoms with Crippen LogP contribution in [0.2, 0.25) is 0 Å². The molecule has 1 aromatic carbocycles. The van der Waals surface area contributed by atoms with Crippen molar-refractivity contribution >= 4 is 5.91 Å². The van der Waals surface area contributed by atoms with E-state index in [-0.39, 0.29) is 23.3 Å². The first-order valence-electron chi connectivity index (χ1n) is 9.40. The number of nitrogens with one attached hydrogen (secondary N) is 1. The zero-order valence-electron chi connectivity index (χ0n) is 15.1. The number of rotatable bonds is 5. The number of amides is 1. The highest BCUT2D eigenvalue weighted by molar-refractivity contribution is 5.97. The van der Waals surface area contributed by atoms with E-state index in [4.69, 9.17) is 4.74 Å². The Kier molecular flexibility index (Phi) is 5.30. The molecule has 0 unspecified atom stereocenters. The molecule has 0 radical (unpaired) electrons. The lowest BCUT2D eigenvalue weighted by Crippen LogP contribution is -2.46. The number of hydrogen-bond acceptors (Lipinski definition) is 7. The smallest absolute Gasteiger partial charge is 0.255 e. The Morgan fingerprint density at radius 1 is 1.30 bits per heavy atom. The summed E-state index contributed by atoms with van der Waals surface area (Å²) in [5, 5.41) is 24.1. The minimum absolute atomic E-state index is 0.0554. The van der Waals surface area contributed by atoms with Crippen LogP contribution in [0.15, 0.2) is 24.5 Å². The molecule has 2 fully saturated rings. The molecule has 4 rings (SSSR count). The highest BCUT2D eigenvalue weighted by atomic mass is 16.5. The molecule has 3 heterocycles. The van der Waals surface area contributed by atoms with E-state index in [0.29, 0.717) is 11.8 Å². The van der Waals surface area contributed by atoms with Gasteiger partial charge in [-0.2, -0.15) is 0 Å². The fraction of sp³-hybridized carbons (Fsp3) is 0.556. The summed E-state index contributed by atoms with van der Waals surface area (Å²) >= 11 is 0. The van der Waals surface area contributed by atoms with Gasteiger partial charge >= 0.3 is 0 Å². The van der Waals surface area contributed by atoms with Crippen LogP contribution in [-0.4, -0.2) is 74.5 Å². The molecule has 1 aromatic heterocycles. The van der Waals surface area contributed by atoms with Crippen molar-refractivity contribution in [1.82, 2.24) is 30.4 Å². The highest BCUT2D eigenvalue weighted by Gasteiger charge is 2.25. The Balaban J connectivity index is 1.33. The number of phenols is 1. The van der Waals surface area contributed by atoms with E-state index in [9.17, 15) is 9.90 Å². The molecule has 0 saturated carbocycles. The van der Waals surface area contributed by atoms with E-state index in [0.717, 1.165) is 51.9 Å². The molecule has 144 valence electrons. The summed E-state index contributed by atoms with van der Waals surface area (Å²) in [6.45, 7) is 3.75. The molecule has 0 bridgehead atoms. The van der Waals surface area contributed by atoms with Crippen molar-refractivity contribution in [3.8, 4) is 11.4 Å². The molecule has 9 nitrogen and oxygen atoms in total. The third-order valence-electron chi connectivity index (χ3n) is 5.25. The minimum Gasteiger partial charge on any atom is -0.507 e. The first-order valence-corrected chi connectivity index (χ1v) is 9.40. The van der Waals surface area contributed by atoms with Crippen molar-refractivity contribution < 1.29 is 14.6 Å². The van der Waals surface area contributed by atoms with Gasteiger partial charge in [-0.05, 0) is 54.3 Å². The van der Waals surface area contributed by atoms with E-state index in [1.54, 1.807) is 12.1 Å². The normalized spacial score (nSPS) is 21.4. The summed E-state index contributed by atoms with van der Waals surface area (Å²) in [5.41, 5.74) is 0.846. The van der Waals surface area contributed by atoms with Crippen LogP contribution in [0, 0.1) is 0 Å². The lowest BCUT2D eigenvalue weighted by Gasteiger charge is -2.33. The number of carbonyl (C=O) groups excluding carboxylic acids is 1. The standard InChI is InChI=1S/C18H24N6O3/c25-17-4-3-14(24-12-19-21-22-24)10-16(17)18(26)20-13-5-7-23(8-6-13)11-15-2-1-9-27-15/h3-4,10,12-13,15,25H,1-2,5-9,11H2,(H,20,26)/t15-/m1/s1. The molecule has 1 atom stereocenters. The maximum Gasteiger partial charge on any atom is 0.255 e. The Morgan fingerprint density at radius 2 is 2.15 bits per heavy atom. The van der Waals surface area contributed by atoms with Crippen LogP contribution >= 0.6 is 0 Å². The number of nitrogens with zero attached hydrogens (tertiary/aromatic N) is 5. The Hall–Kier alpha value is -2.52. The average Bonchev–Trinajstić information content (AvgIpc) is 3.38. The maximum absolute atomic E-state index is 12.7. The minimum atomic E-state index is -0.278. The van der Waals surface area contributed by atoms with Crippen molar-refractivity contribution in [3.63, 3.8) is 0 Å². The molecule has 2 aliphatic heterocycles. The molecule has 2 aliphatic rings. The summed E-state index contributed by atoms with van der Waals surface area (Å²) in [5.74, 6) is -0.333. The third-order valence-corrected chi connectivity index (χ3v) is 5.25. The molecule has 2 saturated heterocycles. The topological polar surface area (TPSA) is 105 Å². The molecule has 9 heteroatoms. The van der Waals surface area contributed by atoms with Gasteiger partial charge in [0.05, 0.1) is 17.4 Å². The van der Waals surface area contributed by atoms with E-state index in [2.05, 4.69) is 25.7 Å². The number of phenolic OH excluding ortho intramolecular Hbond substituents is 1. The van der Waals surface area contributed by atoms with Crippen LogP contribution in [0.4, 0.5) is 0 Å². The molecule has 2 N–H and O–H groups in total. The monoisotopic (exact) mass is 372 g/mol. The van der Waals surface area contributed by atoms with Crippen molar-refractivity contribution in [3.05, 3.63) is 30.1 Å². The van der Waals surface area contributed by atoms with Gasteiger partial charge in [0.2, 0.25) is 0 Å². The van der Waals surface area contributed by atoms with Crippen molar-refractivity contribution in [2.24, 2.45) is 0 Å². The zero-order valence-corrected chi connectivity index (χ0v) is 15.1. The van der Waals surface area contributed by atoms with Crippen LogP contribution in [0.3, 0.4) is 0 Å². The molecule has 1 amide bonds. The van der Waals surface area contributed by atoms with Crippen molar-refractivity contribution in [1.29, 1.82) is 0 Å². The second-order valence-electron chi connectivity index (χ2n) is 7.14. The molecule has 0 aliphatic carbocycles. The number of tetrazole rings is 1. The van der Waals surface area contributed by atoms with Crippen LogP contribution in [0.1, 0.15) is 36.0 Å². The maximum atomic E-state index is 12.7. The predicted molar refractivity (Wildman–Crippen MR) is 96.7 cm³/mol. The number of carbonyl (C=O) groups is 1. The van der Waals surface area contributed by atoms with Gasteiger partial charge < -0.3 is 20.1 Å². The number of hydrogen-bond donors (Lipinski definition) is 2. The summed E-state index contributed by atoms with van der Waals surface area (Å²) < 4.78 is 7.15. The molecule has 27 heavy (non-hydrogen) atoms. The number of aromatic hydroxyl groups is 1.